The van der Waals surface area contributed by atoms with Gasteiger partial charge in [0.15, 0.2) is 0 Å². The number of rotatable bonds is 31. The summed E-state index contributed by atoms with van der Waals surface area (Å²) in [5, 5.41) is 42.2. The Morgan fingerprint density at radius 3 is 2.17 bits per heavy atom. The molecule has 88 heavy (non-hydrogen) atoms. The van der Waals surface area contributed by atoms with Crippen molar-refractivity contribution >= 4 is 121 Å². The van der Waals surface area contributed by atoms with Crippen molar-refractivity contribution in [2.45, 2.75) is 90.8 Å². The van der Waals surface area contributed by atoms with Gasteiger partial charge >= 0.3 is 18.0 Å². The van der Waals surface area contributed by atoms with Gasteiger partial charge < -0.3 is 46.7 Å². The van der Waals surface area contributed by atoms with Crippen LogP contribution in [0.2, 0.25) is 0 Å². The quantitative estimate of drug-likeness (QED) is 0.0188. The van der Waals surface area contributed by atoms with Crippen LogP contribution in [0.25, 0.3) is 43.4 Å². The van der Waals surface area contributed by atoms with E-state index >= 15 is 0 Å². The second kappa shape index (κ2) is 31.0. The number of primary amides is 1. The lowest BCUT2D eigenvalue weighted by Gasteiger charge is -2.20. The number of aliphatic carboxylic acids is 2. The first-order valence-corrected chi connectivity index (χ1v) is 32.5. The summed E-state index contributed by atoms with van der Waals surface area (Å²) in [6, 6.07) is 12.0. The highest BCUT2D eigenvalue weighted by Gasteiger charge is 2.31. The predicted octanol–water partition coefficient (Wildman–Crippen LogP) is 8.96. The number of nitrogens with zero attached hydrogens (tertiary/aromatic N) is 7. The maximum Gasteiger partial charge on any atom is 0.412 e. The minimum absolute atomic E-state index is 0.0168. The Balaban J connectivity index is 1.02. The third-order valence-electron chi connectivity index (χ3n) is 13.2. The van der Waals surface area contributed by atoms with Gasteiger partial charge in [0.25, 0.3) is 17.7 Å². The van der Waals surface area contributed by atoms with E-state index in [1.165, 1.54) is 65.1 Å². The van der Waals surface area contributed by atoms with Crippen molar-refractivity contribution in [3.8, 4) is 43.4 Å². The van der Waals surface area contributed by atoms with Crippen LogP contribution < -0.4 is 32.3 Å². The highest BCUT2D eigenvalue weighted by molar-refractivity contribution is 7.15. The minimum atomic E-state index is -1.06. The molecule has 6 amide bonds. The molecule has 0 aliphatic heterocycles. The molecule has 0 radical (unpaired) electrons. The molecule has 0 aliphatic rings. The van der Waals surface area contributed by atoms with E-state index in [1.54, 1.807) is 41.2 Å². The number of unbranched alkanes of at least 4 members (excludes halogenated alkanes) is 1. The van der Waals surface area contributed by atoms with Gasteiger partial charge in [0.05, 0.1) is 59.8 Å². The number of pyridine rings is 1. The van der Waals surface area contributed by atoms with Crippen molar-refractivity contribution in [3.05, 3.63) is 111 Å². The Hall–Kier alpha value is -8.33. The second-order valence-electron chi connectivity index (χ2n) is 20.0. The predicted molar refractivity (Wildman–Crippen MR) is 334 cm³/mol. The minimum Gasteiger partial charge on any atom is -0.481 e. The summed E-state index contributed by atoms with van der Waals surface area (Å²) < 4.78 is 10.6. The number of amides is 6. The highest BCUT2D eigenvalue weighted by Crippen LogP contribution is 2.39. The van der Waals surface area contributed by atoms with Gasteiger partial charge in [-0.2, -0.15) is 0 Å². The lowest BCUT2D eigenvalue weighted by molar-refractivity contribution is -0.142. The SMILES string of the molecule is CNC(=O)C[C@H](NC(=O)c1csc(-c2ccc(-c3nc(NC(=O)OCCC(CCCCC(=O)O)C(=O)O)cs3)nc2-c2csc(-c3csc(CCc4ccccc4)n3)n2)n1)c1nc(C(=O)NC(c2nc(C(=O)NCC(N)=O)c(COC)s2)C(C)C)c(C)s1. The van der Waals surface area contributed by atoms with Crippen molar-refractivity contribution in [3.63, 3.8) is 0 Å². The average molecular weight is 1310 g/mol. The maximum atomic E-state index is 14.3. The first kappa shape index (κ1) is 65.6. The number of nitrogens with two attached hydrogens (primary N) is 1. The first-order valence-electron chi connectivity index (χ1n) is 27.4. The molecule has 0 aliphatic carbocycles. The number of benzene rings is 1. The van der Waals surface area contributed by atoms with Crippen LogP contribution in [0.3, 0.4) is 0 Å². The number of thiazole rings is 6. The molecule has 0 spiro atoms. The number of carbonyl (C=O) groups is 8. The molecular formula is C57H61N13O12S6. The molecule has 31 heteroatoms. The lowest BCUT2D eigenvalue weighted by Crippen LogP contribution is -2.34. The number of hydrogen-bond donors (Lipinski definition) is 8. The molecule has 8 rings (SSSR count). The Morgan fingerprint density at radius 1 is 0.705 bits per heavy atom. The van der Waals surface area contributed by atoms with Crippen LogP contribution in [0.15, 0.2) is 64.0 Å². The topological polar surface area (TPSA) is 372 Å². The van der Waals surface area contributed by atoms with Crippen molar-refractivity contribution in [2.24, 2.45) is 17.6 Å². The number of ether oxygens (including phenoxy) is 2. The first-order chi connectivity index (χ1) is 42.3. The monoisotopic (exact) mass is 1310 g/mol. The summed E-state index contributed by atoms with van der Waals surface area (Å²) in [4.78, 5) is 136. The van der Waals surface area contributed by atoms with Crippen LogP contribution in [-0.4, -0.2) is 120 Å². The van der Waals surface area contributed by atoms with Gasteiger partial charge in [-0.25, -0.2) is 39.7 Å². The molecule has 3 atom stereocenters. The number of carboxylic acid groups (broad SMARTS) is 2. The summed E-state index contributed by atoms with van der Waals surface area (Å²) in [5.41, 5.74) is 9.06. The van der Waals surface area contributed by atoms with E-state index in [4.69, 9.17) is 40.2 Å². The number of carboxylic acids is 2. The molecule has 1 aromatic carbocycles. The maximum absolute atomic E-state index is 14.3. The van der Waals surface area contributed by atoms with E-state index in [0.717, 1.165) is 29.2 Å². The Bertz CT molecular complexity index is 3800. The van der Waals surface area contributed by atoms with Crippen LogP contribution in [0, 0.1) is 18.8 Å². The molecule has 9 N–H and O–H groups in total. The fraction of sp³-hybridized carbons (Fsp3) is 0.351. The van der Waals surface area contributed by atoms with E-state index in [9.17, 15) is 43.5 Å². The summed E-state index contributed by atoms with van der Waals surface area (Å²) in [6.07, 6.45) is 1.44. The molecule has 7 aromatic heterocycles. The molecule has 0 bridgehead atoms. The molecule has 25 nitrogen and oxygen atoms in total. The van der Waals surface area contributed by atoms with Crippen molar-refractivity contribution in [1.29, 1.82) is 0 Å². The van der Waals surface area contributed by atoms with Gasteiger partial charge in [-0.15, -0.1) is 68.0 Å². The molecule has 0 fully saturated rings. The van der Waals surface area contributed by atoms with Crippen LogP contribution in [0.5, 0.6) is 0 Å². The van der Waals surface area contributed by atoms with E-state index in [2.05, 4.69) is 53.7 Å². The van der Waals surface area contributed by atoms with E-state index in [-0.39, 0.29) is 72.7 Å². The molecule has 0 saturated heterocycles. The van der Waals surface area contributed by atoms with Crippen LogP contribution in [0.1, 0.15) is 126 Å². The van der Waals surface area contributed by atoms with Crippen molar-refractivity contribution < 1.29 is 58.0 Å². The molecule has 462 valence electrons. The van der Waals surface area contributed by atoms with Gasteiger partial charge in [0.2, 0.25) is 11.8 Å². The molecule has 0 saturated carbocycles. The second-order valence-corrected chi connectivity index (χ2v) is 25.9. The van der Waals surface area contributed by atoms with Gasteiger partial charge in [0.1, 0.15) is 65.0 Å². The standard InChI is InChI=1S/C57H61N13O12S6/c1-28(2)44(55-70-47(38(88-55)23-81-5)49(76)60-22-39(58)71)68-50(77)45-29(3)87-54(69-45)34(21-41(72)59-4)63-48(75)36-25-84-51(65-36)32-16-17-33(52-66-40(27-86-52)67-57(80)82-20-19-31(56(78)79)13-9-10-14-43(73)74)62-46(32)35-24-85-53(64-35)37-26-83-42(61-37)18-15-30-11-7-6-8-12-30/h6-8,11-12,16-17,24-28,31,34,44H,9-10,13-15,18-23H2,1-5H3,(H2,58,71)(H,59,72)(H,60,76)(H,63,75)(H,67,80)(H,68,77)(H,73,74)(H,78,79)/t31?,34-,44?/m0/s1. The fourth-order valence-electron chi connectivity index (χ4n) is 8.69. The van der Waals surface area contributed by atoms with Crippen LogP contribution in [-0.2, 0) is 48.1 Å². The van der Waals surface area contributed by atoms with Gasteiger partial charge in [-0.05, 0) is 56.2 Å². The largest absolute Gasteiger partial charge is 0.481 e. The average Bonchev–Trinajstić information content (AvgIpc) is 2.05. The normalized spacial score (nSPS) is 12.2. The third kappa shape index (κ3) is 17.7. The van der Waals surface area contributed by atoms with Gasteiger partial charge in [0, 0.05) is 59.0 Å². The summed E-state index contributed by atoms with van der Waals surface area (Å²) >= 11 is 7.59. The highest BCUT2D eigenvalue weighted by atomic mass is 32.1. The van der Waals surface area contributed by atoms with E-state index < -0.39 is 72.1 Å². The molecular weight excluding hydrogens is 1250 g/mol. The summed E-state index contributed by atoms with van der Waals surface area (Å²) in [7, 11) is 2.92. The smallest absolute Gasteiger partial charge is 0.412 e. The zero-order chi connectivity index (χ0) is 63.0. The summed E-state index contributed by atoms with van der Waals surface area (Å²) in [5.74, 6) is -5.88. The number of nitrogens with one attached hydrogen (secondary N) is 5. The van der Waals surface area contributed by atoms with Crippen molar-refractivity contribution in [1.82, 2.24) is 56.2 Å². The number of carbonyl (C=O) groups excluding carboxylic acids is 6. The number of hydrogen-bond acceptors (Lipinski definition) is 23. The zero-order valence-electron chi connectivity index (χ0n) is 48.1. The van der Waals surface area contributed by atoms with Crippen molar-refractivity contribution in [2.75, 3.05) is 32.6 Å². The van der Waals surface area contributed by atoms with E-state index in [1.807, 2.05) is 42.8 Å². The molecule has 2 unspecified atom stereocenters. The molecule has 7 heterocycles. The summed E-state index contributed by atoms with van der Waals surface area (Å²) in [6.45, 7) is 4.88. The zero-order valence-corrected chi connectivity index (χ0v) is 53.0. The molecule has 8 aromatic rings. The lowest BCUT2D eigenvalue weighted by atomic mass is 9.98. The van der Waals surface area contributed by atoms with Crippen LogP contribution >= 0.6 is 68.0 Å². The number of aryl methyl sites for hydroxylation is 3. The van der Waals surface area contributed by atoms with Gasteiger partial charge in [-0.1, -0.05) is 50.6 Å². The van der Waals surface area contributed by atoms with Crippen LogP contribution in [0.4, 0.5) is 10.6 Å². The van der Waals surface area contributed by atoms with E-state index in [0.29, 0.717) is 71.0 Å². The Morgan fingerprint density at radius 2 is 1.44 bits per heavy atom. The Labute approximate surface area is 528 Å². The number of methoxy groups -OCH3 is 1. The third-order valence-corrected chi connectivity index (χ3v) is 18.9. The number of aromatic nitrogens is 7. The fourth-order valence-corrected chi connectivity index (χ4v) is 14.1. The Kier molecular flexibility index (Phi) is 23.1. The van der Waals surface area contributed by atoms with Gasteiger partial charge in [-0.3, -0.25) is 38.9 Å². The number of anilines is 1.